The third kappa shape index (κ3) is 4.30. The number of H-pyrrole nitrogens is 1. The minimum Gasteiger partial charge on any atom is -0.496 e. The van der Waals surface area contributed by atoms with Gasteiger partial charge < -0.3 is 14.8 Å². The quantitative estimate of drug-likeness (QED) is 0.585. The molecular weight excluding hydrogens is 328 g/mol. The maximum Gasteiger partial charge on any atom is 0.303 e. The average Bonchev–Trinajstić information content (AvgIpc) is 3.07. The van der Waals surface area contributed by atoms with Crippen LogP contribution in [-0.2, 0) is 11.2 Å². The number of nitrogens with zero attached hydrogens (tertiary/aromatic N) is 1. The summed E-state index contributed by atoms with van der Waals surface area (Å²) in [7, 11) is 1.64. The van der Waals surface area contributed by atoms with Crippen molar-refractivity contribution in [1.29, 1.82) is 0 Å². The molecule has 0 aliphatic heterocycles. The van der Waals surface area contributed by atoms with E-state index in [1.165, 1.54) is 0 Å². The van der Waals surface area contributed by atoms with Gasteiger partial charge in [0.15, 0.2) is 0 Å². The van der Waals surface area contributed by atoms with Gasteiger partial charge in [0.25, 0.3) is 0 Å². The first-order chi connectivity index (χ1) is 12.7. The summed E-state index contributed by atoms with van der Waals surface area (Å²) in [6, 6.07) is 13.9. The first kappa shape index (κ1) is 17.7. The number of carboxylic acid groups (broad SMARTS) is 1. The Morgan fingerprint density at radius 3 is 2.69 bits per heavy atom. The molecule has 5 nitrogen and oxygen atoms in total. The number of unbranched alkanes of at least 4 members (excludes halogenated alkanes) is 1. The standard InChI is InChI=1S/C21H22N2O3/c1-26-18-13-12-17-21(16(18)9-5-6-10-20(24)25)23-19(22-17)14-11-15-7-3-2-4-8-15/h2-4,7-8,11-14H,5-6,9-10H2,1H3,(H,22,23)(H,24,25)/b14-11+. The molecule has 2 N–H and O–H groups in total. The molecule has 0 unspecified atom stereocenters. The molecule has 2 aromatic carbocycles. The van der Waals surface area contributed by atoms with Crippen LogP contribution in [0.15, 0.2) is 42.5 Å². The van der Waals surface area contributed by atoms with Crippen LogP contribution in [0.1, 0.15) is 36.2 Å². The van der Waals surface area contributed by atoms with Crippen molar-refractivity contribution in [1.82, 2.24) is 9.97 Å². The van der Waals surface area contributed by atoms with Gasteiger partial charge in [-0.25, -0.2) is 4.98 Å². The molecule has 0 aliphatic carbocycles. The maximum absolute atomic E-state index is 10.7. The maximum atomic E-state index is 10.7. The lowest BCUT2D eigenvalue weighted by atomic mass is 10.0. The summed E-state index contributed by atoms with van der Waals surface area (Å²) < 4.78 is 5.48. The zero-order chi connectivity index (χ0) is 18.4. The van der Waals surface area contributed by atoms with E-state index in [9.17, 15) is 4.79 Å². The molecule has 1 aromatic heterocycles. The Labute approximate surface area is 152 Å². The molecule has 26 heavy (non-hydrogen) atoms. The third-order valence-corrected chi connectivity index (χ3v) is 4.26. The molecule has 5 heteroatoms. The molecule has 1 heterocycles. The molecule has 0 spiro atoms. The zero-order valence-corrected chi connectivity index (χ0v) is 14.7. The monoisotopic (exact) mass is 350 g/mol. The average molecular weight is 350 g/mol. The molecule has 0 fully saturated rings. The van der Waals surface area contributed by atoms with E-state index in [4.69, 9.17) is 14.8 Å². The van der Waals surface area contributed by atoms with Crippen molar-refractivity contribution >= 4 is 29.2 Å². The highest BCUT2D eigenvalue weighted by Gasteiger charge is 2.12. The number of hydrogen-bond donors (Lipinski definition) is 2. The second-order valence-electron chi connectivity index (χ2n) is 6.11. The molecule has 134 valence electrons. The van der Waals surface area contributed by atoms with Crippen LogP contribution in [0, 0.1) is 0 Å². The number of aliphatic carboxylic acids is 1. The number of carbonyl (C=O) groups is 1. The minimum absolute atomic E-state index is 0.184. The highest BCUT2D eigenvalue weighted by molar-refractivity contribution is 5.83. The van der Waals surface area contributed by atoms with Gasteiger partial charge in [-0.2, -0.15) is 0 Å². The lowest BCUT2D eigenvalue weighted by Crippen LogP contribution is -1.97. The molecule has 0 bridgehead atoms. The summed E-state index contributed by atoms with van der Waals surface area (Å²) in [4.78, 5) is 18.7. The number of hydrogen-bond acceptors (Lipinski definition) is 3. The van der Waals surface area contributed by atoms with Gasteiger partial charge >= 0.3 is 5.97 Å². The molecule has 0 saturated heterocycles. The number of imidazole rings is 1. The van der Waals surface area contributed by atoms with Gasteiger partial charge in [0.05, 0.1) is 18.1 Å². The van der Waals surface area contributed by atoms with E-state index in [1.807, 2.05) is 54.6 Å². The molecule has 0 saturated carbocycles. The highest BCUT2D eigenvalue weighted by Crippen LogP contribution is 2.28. The van der Waals surface area contributed by atoms with Crippen molar-refractivity contribution < 1.29 is 14.6 Å². The van der Waals surface area contributed by atoms with Crippen LogP contribution >= 0.6 is 0 Å². The van der Waals surface area contributed by atoms with Gasteiger partial charge in [0, 0.05) is 12.0 Å². The van der Waals surface area contributed by atoms with Gasteiger partial charge in [-0.3, -0.25) is 4.79 Å². The smallest absolute Gasteiger partial charge is 0.303 e. The van der Waals surface area contributed by atoms with E-state index in [2.05, 4.69) is 4.98 Å². The predicted octanol–water partition coefficient (Wildman–Crippen LogP) is 4.54. The predicted molar refractivity (Wildman–Crippen MR) is 103 cm³/mol. The molecular formula is C21H22N2O3. The van der Waals surface area contributed by atoms with E-state index in [-0.39, 0.29) is 6.42 Å². The van der Waals surface area contributed by atoms with Crippen molar-refractivity contribution in [3.63, 3.8) is 0 Å². The molecule has 0 aliphatic rings. The lowest BCUT2D eigenvalue weighted by molar-refractivity contribution is -0.137. The number of methoxy groups -OCH3 is 1. The van der Waals surface area contributed by atoms with Crippen LogP contribution in [0.25, 0.3) is 23.2 Å². The van der Waals surface area contributed by atoms with E-state index in [0.717, 1.165) is 46.6 Å². The topological polar surface area (TPSA) is 75.2 Å². The SMILES string of the molecule is COc1ccc2[nH]c(/C=C/c3ccccc3)nc2c1CCCCC(=O)O. The first-order valence-electron chi connectivity index (χ1n) is 8.68. The fourth-order valence-electron chi connectivity index (χ4n) is 2.96. The summed E-state index contributed by atoms with van der Waals surface area (Å²) in [6.07, 6.45) is 6.31. The van der Waals surface area contributed by atoms with Crippen LogP contribution in [-0.4, -0.2) is 28.2 Å². The number of rotatable bonds is 8. The van der Waals surface area contributed by atoms with Crippen LogP contribution in [0.5, 0.6) is 5.75 Å². The largest absolute Gasteiger partial charge is 0.496 e. The summed E-state index contributed by atoms with van der Waals surface area (Å²) in [5.74, 6) is 0.810. The lowest BCUT2D eigenvalue weighted by Gasteiger charge is -2.08. The zero-order valence-electron chi connectivity index (χ0n) is 14.7. The van der Waals surface area contributed by atoms with Crippen molar-refractivity contribution in [3.05, 3.63) is 59.4 Å². The number of benzene rings is 2. The van der Waals surface area contributed by atoms with Crippen LogP contribution in [0.3, 0.4) is 0 Å². The Morgan fingerprint density at radius 2 is 1.96 bits per heavy atom. The van der Waals surface area contributed by atoms with Gasteiger partial charge in [0.1, 0.15) is 11.6 Å². The van der Waals surface area contributed by atoms with E-state index in [0.29, 0.717) is 6.42 Å². The fourth-order valence-corrected chi connectivity index (χ4v) is 2.96. The van der Waals surface area contributed by atoms with Crippen molar-refractivity contribution in [2.24, 2.45) is 0 Å². The van der Waals surface area contributed by atoms with Crippen LogP contribution < -0.4 is 4.74 Å². The second-order valence-corrected chi connectivity index (χ2v) is 6.11. The van der Waals surface area contributed by atoms with Crippen molar-refractivity contribution in [2.45, 2.75) is 25.7 Å². The molecule has 0 radical (unpaired) electrons. The summed E-state index contributed by atoms with van der Waals surface area (Å²) in [6.45, 7) is 0. The summed E-state index contributed by atoms with van der Waals surface area (Å²) in [5.41, 5.74) is 3.96. The van der Waals surface area contributed by atoms with E-state index in [1.54, 1.807) is 7.11 Å². The van der Waals surface area contributed by atoms with Crippen molar-refractivity contribution in [3.8, 4) is 5.75 Å². The number of aromatic amines is 1. The summed E-state index contributed by atoms with van der Waals surface area (Å²) >= 11 is 0. The Kier molecular flexibility index (Phi) is 5.69. The molecule has 0 amide bonds. The second kappa shape index (κ2) is 8.34. The number of ether oxygens (including phenoxy) is 1. The van der Waals surface area contributed by atoms with E-state index < -0.39 is 5.97 Å². The summed E-state index contributed by atoms with van der Waals surface area (Å²) in [5, 5.41) is 8.79. The Balaban J connectivity index is 1.84. The van der Waals surface area contributed by atoms with Gasteiger partial charge in [-0.05, 0) is 43.0 Å². The van der Waals surface area contributed by atoms with Gasteiger partial charge in [0.2, 0.25) is 0 Å². The number of nitrogens with one attached hydrogen (secondary N) is 1. The first-order valence-corrected chi connectivity index (χ1v) is 8.68. The van der Waals surface area contributed by atoms with Crippen LogP contribution in [0.4, 0.5) is 0 Å². The van der Waals surface area contributed by atoms with E-state index >= 15 is 0 Å². The molecule has 3 aromatic rings. The molecule has 0 atom stereocenters. The van der Waals surface area contributed by atoms with Gasteiger partial charge in [-0.1, -0.05) is 36.4 Å². The molecule has 3 rings (SSSR count). The number of aryl methyl sites for hydroxylation is 1. The third-order valence-electron chi connectivity index (χ3n) is 4.26. The van der Waals surface area contributed by atoms with Crippen molar-refractivity contribution in [2.75, 3.05) is 7.11 Å². The normalized spacial score (nSPS) is 11.3. The van der Waals surface area contributed by atoms with Crippen LogP contribution in [0.2, 0.25) is 0 Å². The minimum atomic E-state index is -0.761. The Morgan fingerprint density at radius 1 is 1.15 bits per heavy atom. The Bertz CT molecular complexity index is 914. The number of carboxylic acids is 1. The fraction of sp³-hybridized carbons (Fsp3) is 0.238. The number of aromatic nitrogens is 2. The highest BCUT2D eigenvalue weighted by atomic mass is 16.5. The number of fused-ring (bicyclic) bond motifs is 1. The van der Waals surface area contributed by atoms with Gasteiger partial charge in [-0.15, -0.1) is 0 Å². The Hall–Kier alpha value is -3.08.